The fourth-order valence-electron chi connectivity index (χ4n) is 1.35. The van der Waals surface area contributed by atoms with Crippen LogP contribution in [-0.2, 0) is 0 Å². The normalized spacial score (nSPS) is 10.2. The maximum Gasteiger partial charge on any atom is 0.262 e. The van der Waals surface area contributed by atoms with E-state index in [2.05, 4.69) is 15.3 Å². The lowest BCUT2D eigenvalue weighted by atomic mass is 10.2. The van der Waals surface area contributed by atoms with Crippen molar-refractivity contribution < 1.29 is 13.6 Å². The number of amides is 1. The van der Waals surface area contributed by atoms with Gasteiger partial charge in [-0.2, -0.15) is 0 Å². The summed E-state index contributed by atoms with van der Waals surface area (Å²) < 4.78 is 26.7. The Morgan fingerprint density at radius 1 is 1.17 bits per heavy atom. The zero-order valence-electron chi connectivity index (χ0n) is 9.45. The van der Waals surface area contributed by atoms with Crippen LogP contribution in [-0.4, -0.2) is 15.9 Å². The number of aryl methyl sites for hydroxylation is 1. The van der Waals surface area contributed by atoms with Gasteiger partial charge >= 0.3 is 0 Å². The van der Waals surface area contributed by atoms with E-state index >= 15 is 0 Å². The molecular weight excluding hydrogens is 240 g/mol. The number of carbonyl (C=O) groups is 1. The molecule has 0 aliphatic carbocycles. The Hall–Kier alpha value is -2.37. The lowest BCUT2D eigenvalue weighted by Gasteiger charge is -2.05. The summed E-state index contributed by atoms with van der Waals surface area (Å²) in [5, 5.41) is 2.27. The van der Waals surface area contributed by atoms with Crippen LogP contribution in [0.5, 0.6) is 0 Å². The smallest absolute Gasteiger partial charge is 0.262 e. The summed E-state index contributed by atoms with van der Waals surface area (Å²) in [5.74, 6) is -2.61. The summed E-state index contributed by atoms with van der Waals surface area (Å²) in [7, 11) is 0. The highest BCUT2D eigenvalue weighted by Gasteiger charge is 2.17. The second-order valence-corrected chi connectivity index (χ2v) is 3.59. The number of aromatic nitrogens is 2. The van der Waals surface area contributed by atoms with Crippen LogP contribution in [0.25, 0.3) is 0 Å². The lowest BCUT2D eigenvalue weighted by molar-refractivity contribution is 0.101. The first-order valence-electron chi connectivity index (χ1n) is 5.12. The molecule has 0 unspecified atom stereocenters. The molecule has 0 saturated heterocycles. The Kier molecular flexibility index (Phi) is 3.27. The van der Waals surface area contributed by atoms with E-state index in [9.17, 15) is 13.6 Å². The molecule has 0 saturated carbocycles. The molecule has 0 aliphatic heterocycles. The Bertz CT molecular complexity index is 564. The topological polar surface area (TPSA) is 54.9 Å². The van der Waals surface area contributed by atoms with Gasteiger partial charge in [-0.25, -0.2) is 13.8 Å². The molecule has 1 heterocycles. The third-order valence-electron chi connectivity index (χ3n) is 2.21. The van der Waals surface area contributed by atoms with E-state index in [0.29, 0.717) is 5.69 Å². The first-order chi connectivity index (χ1) is 8.58. The summed E-state index contributed by atoms with van der Waals surface area (Å²) in [4.78, 5) is 19.5. The van der Waals surface area contributed by atoms with Crippen molar-refractivity contribution in [2.24, 2.45) is 0 Å². The first kappa shape index (κ1) is 12.1. The van der Waals surface area contributed by atoms with E-state index in [0.717, 1.165) is 12.1 Å². The molecule has 1 aromatic heterocycles. The molecule has 4 nitrogen and oxygen atoms in total. The summed E-state index contributed by atoms with van der Waals surface area (Å²) in [6, 6.07) is 3.21. The van der Waals surface area contributed by atoms with Crippen molar-refractivity contribution in [2.45, 2.75) is 6.92 Å². The van der Waals surface area contributed by atoms with Gasteiger partial charge in [-0.1, -0.05) is 6.07 Å². The zero-order valence-corrected chi connectivity index (χ0v) is 9.45. The summed E-state index contributed by atoms with van der Waals surface area (Å²) in [5.41, 5.74) is 0.0324. The molecule has 0 spiro atoms. The van der Waals surface area contributed by atoms with Crippen LogP contribution in [0.1, 0.15) is 16.1 Å². The minimum Gasteiger partial charge on any atom is -0.305 e. The number of benzene rings is 1. The van der Waals surface area contributed by atoms with Gasteiger partial charge in [0.2, 0.25) is 0 Å². The Morgan fingerprint density at radius 2 is 1.83 bits per heavy atom. The van der Waals surface area contributed by atoms with Crippen molar-refractivity contribution in [1.82, 2.24) is 9.97 Å². The Labute approximate surface area is 102 Å². The molecule has 0 atom stereocenters. The van der Waals surface area contributed by atoms with Crippen molar-refractivity contribution in [2.75, 3.05) is 5.32 Å². The molecule has 6 heteroatoms. The van der Waals surface area contributed by atoms with Gasteiger partial charge in [-0.3, -0.25) is 9.78 Å². The van der Waals surface area contributed by atoms with Crippen molar-refractivity contribution in [1.29, 1.82) is 0 Å². The number of nitrogens with one attached hydrogen (secondary N) is 1. The van der Waals surface area contributed by atoms with Crippen LogP contribution in [0.4, 0.5) is 14.6 Å². The van der Waals surface area contributed by atoms with Gasteiger partial charge in [0.1, 0.15) is 17.2 Å². The van der Waals surface area contributed by atoms with Gasteiger partial charge in [-0.15, -0.1) is 0 Å². The van der Waals surface area contributed by atoms with Crippen LogP contribution in [0.2, 0.25) is 0 Å². The summed E-state index contributed by atoms with van der Waals surface area (Å²) in [6.45, 7) is 1.73. The maximum absolute atomic E-state index is 13.3. The van der Waals surface area contributed by atoms with E-state index in [-0.39, 0.29) is 5.82 Å². The Balaban J connectivity index is 2.25. The third-order valence-corrected chi connectivity index (χ3v) is 2.21. The van der Waals surface area contributed by atoms with Crippen molar-refractivity contribution >= 4 is 11.7 Å². The van der Waals surface area contributed by atoms with Crippen LogP contribution in [0.15, 0.2) is 30.6 Å². The van der Waals surface area contributed by atoms with Gasteiger partial charge in [0.05, 0.1) is 18.1 Å². The number of anilines is 1. The highest BCUT2D eigenvalue weighted by molar-refractivity contribution is 6.04. The maximum atomic E-state index is 13.3. The molecule has 1 N–H and O–H groups in total. The molecule has 0 fully saturated rings. The molecule has 1 aromatic carbocycles. The zero-order chi connectivity index (χ0) is 13.1. The lowest BCUT2D eigenvalue weighted by Crippen LogP contribution is -2.16. The van der Waals surface area contributed by atoms with Gasteiger partial charge in [0, 0.05) is 0 Å². The number of carbonyl (C=O) groups excluding carboxylic acids is 1. The fourth-order valence-corrected chi connectivity index (χ4v) is 1.35. The monoisotopic (exact) mass is 249 g/mol. The van der Waals surface area contributed by atoms with Crippen LogP contribution >= 0.6 is 0 Å². The van der Waals surface area contributed by atoms with Crippen molar-refractivity contribution in [3.05, 3.63) is 53.5 Å². The highest BCUT2D eigenvalue weighted by atomic mass is 19.1. The number of halogens is 2. The van der Waals surface area contributed by atoms with Crippen LogP contribution < -0.4 is 5.32 Å². The fraction of sp³-hybridized carbons (Fsp3) is 0.0833. The number of hydrogen-bond donors (Lipinski definition) is 1. The second kappa shape index (κ2) is 4.87. The standard InChI is InChI=1S/C12H9F2N3O/c1-7-5-16-10(6-15-7)17-12(18)11-8(13)3-2-4-9(11)14/h2-6H,1H3,(H,16,17,18). The molecule has 1 amide bonds. The van der Waals surface area contributed by atoms with Crippen LogP contribution in [0, 0.1) is 18.6 Å². The van der Waals surface area contributed by atoms with E-state index in [1.807, 2.05) is 0 Å². The average Bonchev–Trinajstić information content (AvgIpc) is 2.32. The van der Waals surface area contributed by atoms with E-state index < -0.39 is 23.1 Å². The minimum atomic E-state index is -0.924. The predicted octanol–water partition coefficient (Wildman–Crippen LogP) is 2.32. The molecule has 2 rings (SSSR count). The van der Waals surface area contributed by atoms with Gasteiger partial charge in [0.25, 0.3) is 5.91 Å². The average molecular weight is 249 g/mol. The third kappa shape index (κ3) is 2.48. The summed E-state index contributed by atoms with van der Waals surface area (Å²) in [6.07, 6.45) is 2.75. The van der Waals surface area contributed by atoms with Crippen molar-refractivity contribution in [3.8, 4) is 0 Å². The summed E-state index contributed by atoms with van der Waals surface area (Å²) >= 11 is 0. The van der Waals surface area contributed by atoms with Gasteiger partial charge in [-0.05, 0) is 19.1 Å². The van der Waals surface area contributed by atoms with Gasteiger partial charge in [0.15, 0.2) is 5.82 Å². The predicted molar refractivity (Wildman–Crippen MR) is 61.1 cm³/mol. The highest BCUT2D eigenvalue weighted by Crippen LogP contribution is 2.13. The van der Waals surface area contributed by atoms with Gasteiger partial charge < -0.3 is 5.32 Å². The molecule has 2 aromatic rings. The largest absolute Gasteiger partial charge is 0.305 e. The minimum absolute atomic E-state index is 0.133. The molecule has 0 bridgehead atoms. The second-order valence-electron chi connectivity index (χ2n) is 3.59. The molecular formula is C12H9F2N3O. The first-order valence-corrected chi connectivity index (χ1v) is 5.12. The van der Waals surface area contributed by atoms with Crippen LogP contribution in [0.3, 0.4) is 0 Å². The quantitative estimate of drug-likeness (QED) is 0.888. The number of nitrogens with zero attached hydrogens (tertiary/aromatic N) is 2. The van der Waals surface area contributed by atoms with Crippen molar-refractivity contribution in [3.63, 3.8) is 0 Å². The number of hydrogen-bond acceptors (Lipinski definition) is 3. The Morgan fingerprint density at radius 3 is 2.39 bits per heavy atom. The van der Waals surface area contributed by atoms with E-state index in [1.54, 1.807) is 6.92 Å². The number of rotatable bonds is 2. The molecule has 0 radical (unpaired) electrons. The molecule has 92 valence electrons. The molecule has 0 aliphatic rings. The molecule has 18 heavy (non-hydrogen) atoms. The SMILES string of the molecule is Cc1cnc(NC(=O)c2c(F)cccc2F)cn1. The van der Waals surface area contributed by atoms with E-state index in [4.69, 9.17) is 0 Å². The van der Waals surface area contributed by atoms with E-state index in [1.165, 1.54) is 18.5 Å².